The Morgan fingerprint density at radius 3 is 2.89 bits per heavy atom. The van der Waals surface area contributed by atoms with Crippen molar-refractivity contribution in [2.75, 3.05) is 6.54 Å². The van der Waals surface area contributed by atoms with Gasteiger partial charge in [-0.2, -0.15) is 5.26 Å². The van der Waals surface area contributed by atoms with E-state index in [2.05, 4.69) is 5.32 Å². The molecular formula is C13H13N3O3. The lowest BCUT2D eigenvalue weighted by molar-refractivity contribution is -0.384. The first kappa shape index (κ1) is 14.4. The molecule has 0 spiro atoms. The van der Waals surface area contributed by atoms with Crippen LogP contribution < -0.4 is 5.32 Å². The fourth-order valence-corrected chi connectivity index (χ4v) is 1.44. The number of nitro groups is 1. The Morgan fingerprint density at radius 2 is 2.32 bits per heavy atom. The van der Waals surface area contributed by atoms with Gasteiger partial charge in [-0.15, -0.1) is 0 Å². The first-order chi connectivity index (χ1) is 9.04. The van der Waals surface area contributed by atoms with Gasteiger partial charge in [-0.3, -0.25) is 14.9 Å². The molecule has 0 aliphatic carbocycles. The minimum atomic E-state index is -0.537. The molecule has 0 saturated heterocycles. The molecule has 0 aromatic heterocycles. The third-order valence-corrected chi connectivity index (χ3v) is 2.35. The minimum Gasteiger partial charge on any atom is -0.356 e. The molecule has 98 valence electrons. The van der Waals surface area contributed by atoms with Crippen LogP contribution in [0.25, 0.3) is 6.08 Å². The maximum atomic E-state index is 10.6. The van der Waals surface area contributed by atoms with Gasteiger partial charge in [0.15, 0.2) is 0 Å². The van der Waals surface area contributed by atoms with Gasteiger partial charge in [0.1, 0.15) is 6.07 Å². The summed E-state index contributed by atoms with van der Waals surface area (Å²) < 4.78 is 0. The van der Waals surface area contributed by atoms with Crippen LogP contribution in [0.1, 0.15) is 24.5 Å². The van der Waals surface area contributed by atoms with Gasteiger partial charge in [0.25, 0.3) is 5.69 Å². The maximum absolute atomic E-state index is 10.6. The van der Waals surface area contributed by atoms with Gasteiger partial charge in [-0.05, 0) is 18.1 Å². The average Bonchev–Trinajstić information content (AvgIpc) is 2.37. The zero-order valence-electron chi connectivity index (χ0n) is 10.4. The second-order valence-electron chi connectivity index (χ2n) is 3.81. The third kappa shape index (κ3) is 4.60. The average molecular weight is 259 g/mol. The summed E-state index contributed by atoms with van der Waals surface area (Å²) >= 11 is 0. The molecule has 0 fully saturated rings. The van der Waals surface area contributed by atoms with E-state index in [4.69, 9.17) is 5.26 Å². The van der Waals surface area contributed by atoms with Crippen LogP contribution in [0.5, 0.6) is 0 Å². The van der Waals surface area contributed by atoms with E-state index >= 15 is 0 Å². The standard InChI is InChI=1S/C13H13N3O3/c1-10(17)15-7-3-2-4-11-5-6-13(16(18)19)8-12(11)9-14/h2,4-6,8H,3,7H2,1H3,(H,15,17). The number of carbonyl (C=O) groups is 1. The zero-order chi connectivity index (χ0) is 14.3. The number of rotatable bonds is 5. The molecule has 0 bridgehead atoms. The van der Waals surface area contributed by atoms with Gasteiger partial charge in [-0.1, -0.05) is 12.2 Å². The summed E-state index contributed by atoms with van der Waals surface area (Å²) in [7, 11) is 0. The number of hydrogen-bond acceptors (Lipinski definition) is 4. The lowest BCUT2D eigenvalue weighted by Crippen LogP contribution is -2.20. The molecule has 6 nitrogen and oxygen atoms in total. The number of non-ortho nitro benzene ring substituents is 1. The Bertz CT molecular complexity index is 559. The van der Waals surface area contributed by atoms with Gasteiger partial charge in [0.2, 0.25) is 5.91 Å². The predicted octanol–water partition coefficient (Wildman–Crippen LogP) is 2.01. The highest BCUT2D eigenvalue weighted by Crippen LogP contribution is 2.18. The summed E-state index contributed by atoms with van der Waals surface area (Å²) in [4.78, 5) is 20.7. The van der Waals surface area contributed by atoms with Crippen LogP contribution in [0, 0.1) is 21.4 Å². The molecule has 1 aromatic rings. The first-order valence-corrected chi connectivity index (χ1v) is 5.64. The molecule has 6 heteroatoms. The number of nitrogens with one attached hydrogen (secondary N) is 1. The van der Waals surface area contributed by atoms with Gasteiger partial charge in [-0.25, -0.2) is 0 Å². The van der Waals surface area contributed by atoms with E-state index in [0.717, 1.165) is 0 Å². The van der Waals surface area contributed by atoms with Crippen LogP contribution >= 0.6 is 0 Å². The monoisotopic (exact) mass is 259 g/mol. The Labute approximate surface area is 110 Å². The van der Waals surface area contributed by atoms with E-state index in [0.29, 0.717) is 18.5 Å². The summed E-state index contributed by atoms with van der Waals surface area (Å²) in [6.07, 6.45) is 4.14. The van der Waals surface area contributed by atoms with Gasteiger partial charge >= 0.3 is 0 Å². The molecule has 0 aliphatic rings. The first-order valence-electron chi connectivity index (χ1n) is 5.64. The van der Waals surface area contributed by atoms with Gasteiger partial charge in [0.05, 0.1) is 10.5 Å². The quantitative estimate of drug-likeness (QED) is 0.497. The van der Waals surface area contributed by atoms with Crippen LogP contribution in [0.2, 0.25) is 0 Å². The fourth-order valence-electron chi connectivity index (χ4n) is 1.44. The molecule has 1 aromatic carbocycles. The van der Waals surface area contributed by atoms with E-state index < -0.39 is 4.92 Å². The molecule has 1 N–H and O–H groups in total. The van der Waals surface area contributed by atoms with E-state index in [1.54, 1.807) is 12.2 Å². The summed E-state index contributed by atoms with van der Waals surface area (Å²) in [5.41, 5.74) is 0.771. The van der Waals surface area contributed by atoms with Crippen molar-refractivity contribution in [2.24, 2.45) is 0 Å². The number of benzene rings is 1. The highest BCUT2D eigenvalue weighted by atomic mass is 16.6. The van der Waals surface area contributed by atoms with Crippen molar-refractivity contribution in [3.8, 4) is 6.07 Å². The molecule has 0 heterocycles. The topological polar surface area (TPSA) is 96.0 Å². The molecule has 1 rings (SSSR count). The lowest BCUT2D eigenvalue weighted by atomic mass is 10.1. The number of amides is 1. The molecule has 19 heavy (non-hydrogen) atoms. The number of carbonyl (C=O) groups excluding carboxylic acids is 1. The smallest absolute Gasteiger partial charge is 0.270 e. The second kappa shape index (κ2) is 6.91. The normalized spacial score (nSPS) is 10.1. The van der Waals surface area contributed by atoms with Crippen LogP contribution in [0.15, 0.2) is 24.3 Å². The van der Waals surface area contributed by atoms with E-state index in [9.17, 15) is 14.9 Å². The Hall–Kier alpha value is -2.68. The molecule has 0 atom stereocenters. The molecule has 0 unspecified atom stereocenters. The molecular weight excluding hydrogens is 246 g/mol. The maximum Gasteiger partial charge on any atom is 0.270 e. The van der Waals surface area contributed by atoms with Crippen LogP contribution in [0.4, 0.5) is 5.69 Å². The molecule has 0 aliphatic heterocycles. The zero-order valence-corrected chi connectivity index (χ0v) is 10.4. The van der Waals surface area contributed by atoms with Crippen molar-refractivity contribution in [1.82, 2.24) is 5.32 Å². The summed E-state index contributed by atoms with van der Waals surface area (Å²) in [5.74, 6) is -0.0959. The predicted molar refractivity (Wildman–Crippen MR) is 70.1 cm³/mol. The summed E-state index contributed by atoms with van der Waals surface area (Å²) in [5, 5.41) is 22.2. The van der Waals surface area contributed by atoms with Crippen LogP contribution in [0.3, 0.4) is 0 Å². The van der Waals surface area contributed by atoms with Crippen LogP contribution in [-0.4, -0.2) is 17.4 Å². The molecule has 1 amide bonds. The second-order valence-corrected chi connectivity index (χ2v) is 3.81. The van der Waals surface area contributed by atoms with Crippen molar-refractivity contribution < 1.29 is 9.72 Å². The Balaban J connectivity index is 2.73. The lowest BCUT2D eigenvalue weighted by Gasteiger charge is -1.99. The van der Waals surface area contributed by atoms with Crippen LogP contribution in [-0.2, 0) is 4.79 Å². The SMILES string of the molecule is CC(=O)NCCC=Cc1ccc([N+](=O)[O-])cc1C#N. The summed E-state index contributed by atoms with van der Waals surface area (Å²) in [6.45, 7) is 1.95. The molecule has 0 radical (unpaired) electrons. The third-order valence-electron chi connectivity index (χ3n) is 2.35. The number of nitriles is 1. The minimum absolute atomic E-state index is 0.0959. The summed E-state index contributed by atoms with van der Waals surface area (Å²) in [6, 6.07) is 6.06. The fraction of sp³-hybridized carbons (Fsp3) is 0.231. The van der Waals surface area contributed by atoms with Crippen molar-refractivity contribution in [1.29, 1.82) is 5.26 Å². The number of hydrogen-bond donors (Lipinski definition) is 1. The number of nitro benzene ring substituents is 1. The van der Waals surface area contributed by atoms with Crippen molar-refractivity contribution in [3.63, 3.8) is 0 Å². The highest BCUT2D eigenvalue weighted by molar-refractivity contribution is 5.72. The van der Waals surface area contributed by atoms with E-state index in [-0.39, 0.29) is 17.2 Å². The number of nitrogens with zero attached hydrogens (tertiary/aromatic N) is 2. The highest BCUT2D eigenvalue weighted by Gasteiger charge is 2.08. The Morgan fingerprint density at radius 1 is 1.58 bits per heavy atom. The Kier molecular flexibility index (Phi) is 5.23. The van der Waals surface area contributed by atoms with Crippen molar-refractivity contribution in [3.05, 3.63) is 45.5 Å². The van der Waals surface area contributed by atoms with E-state index in [1.807, 2.05) is 6.07 Å². The molecule has 0 saturated carbocycles. The van der Waals surface area contributed by atoms with Gasteiger partial charge in [0, 0.05) is 25.6 Å². The van der Waals surface area contributed by atoms with Crippen molar-refractivity contribution >= 4 is 17.7 Å². The van der Waals surface area contributed by atoms with Crippen molar-refractivity contribution in [2.45, 2.75) is 13.3 Å². The van der Waals surface area contributed by atoms with Gasteiger partial charge < -0.3 is 5.32 Å². The largest absolute Gasteiger partial charge is 0.356 e. The van der Waals surface area contributed by atoms with E-state index in [1.165, 1.54) is 25.1 Å².